The molecule has 1 unspecified atom stereocenters. The number of nitrogens with zero attached hydrogens (tertiary/aromatic N) is 1. The van der Waals surface area contributed by atoms with Gasteiger partial charge in [-0.3, -0.25) is 9.00 Å². The summed E-state index contributed by atoms with van der Waals surface area (Å²) in [7, 11) is -1.36. The Morgan fingerprint density at radius 3 is 2.74 bits per heavy atom. The molecule has 0 aromatic heterocycles. The van der Waals surface area contributed by atoms with Crippen LogP contribution in [0.25, 0.3) is 0 Å². The zero-order valence-electron chi connectivity index (χ0n) is 11.4. The number of carbonyl (C=O) groups excluding carboxylic acids is 1. The van der Waals surface area contributed by atoms with Crippen LogP contribution in [0, 0.1) is 6.92 Å². The number of nitrogens with two attached hydrogens (primary N) is 1. The molecule has 1 aromatic carbocycles. The number of para-hydroxylation sites is 1. The third-order valence-corrected chi connectivity index (χ3v) is 4.79. The average Bonchev–Trinajstić information content (AvgIpc) is 3.18. The lowest BCUT2D eigenvalue weighted by Gasteiger charge is -2.20. The minimum Gasteiger partial charge on any atom is -0.398 e. The molecule has 2 N–H and O–H groups in total. The summed E-state index contributed by atoms with van der Waals surface area (Å²) >= 11 is 0. The van der Waals surface area contributed by atoms with Crippen molar-refractivity contribution in [2.45, 2.75) is 37.6 Å². The topological polar surface area (TPSA) is 63.4 Å². The summed E-state index contributed by atoms with van der Waals surface area (Å²) in [5.41, 5.74) is 7.35. The monoisotopic (exact) mass is 280 g/mol. The molecule has 0 spiro atoms. The average molecular weight is 280 g/mol. The van der Waals surface area contributed by atoms with E-state index in [1.807, 2.05) is 30.9 Å². The lowest BCUT2D eigenvalue weighted by Crippen LogP contribution is -2.36. The molecule has 1 aromatic rings. The highest BCUT2D eigenvalue weighted by Crippen LogP contribution is 2.27. The van der Waals surface area contributed by atoms with Crippen molar-refractivity contribution >= 4 is 22.4 Å². The Kier molecular flexibility index (Phi) is 4.24. The van der Waals surface area contributed by atoms with Crippen molar-refractivity contribution in [1.82, 2.24) is 4.90 Å². The quantitative estimate of drug-likeness (QED) is 0.835. The summed E-state index contributed by atoms with van der Waals surface area (Å²) in [6, 6.07) is 5.80. The van der Waals surface area contributed by atoms with Crippen LogP contribution in [0.4, 0.5) is 5.69 Å². The van der Waals surface area contributed by atoms with E-state index in [9.17, 15) is 9.00 Å². The molecule has 2 rings (SSSR count). The maximum atomic E-state index is 12.3. The van der Waals surface area contributed by atoms with E-state index in [4.69, 9.17) is 5.73 Å². The number of nitrogen functional groups attached to an aromatic ring is 1. The number of benzene rings is 1. The van der Waals surface area contributed by atoms with E-state index in [2.05, 4.69) is 0 Å². The summed E-state index contributed by atoms with van der Waals surface area (Å²) in [6.07, 6.45) is 2.14. The summed E-state index contributed by atoms with van der Waals surface area (Å²) < 4.78 is 12.3. The lowest BCUT2D eigenvalue weighted by molar-refractivity contribution is -0.128. The van der Waals surface area contributed by atoms with Gasteiger partial charge in [-0.15, -0.1) is 0 Å². The van der Waals surface area contributed by atoms with Gasteiger partial charge in [0.05, 0.1) is 21.4 Å². The van der Waals surface area contributed by atoms with E-state index in [-0.39, 0.29) is 11.7 Å². The lowest BCUT2D eigenvalue weighted by atomic mass is 10.2. The van der Waals surface area contributed by atoms with Crippen molar-refractivity contribution in [1.29, 1.82) is 0 Å². The molecule has 1 aliphatic carbocycles. The van der Waals surface area contributed by atoms with Crippen molar-refractivity contribution < 1.29 is 9.00 Å². The van der Waals surface area contributed by atoms with E-state index < -0.39 is 10.8 Å². The van der Waals surface area contributed by atoms with Crippen LogP contribution >= 0.6 is 0 Å². The Morgan fingerprint density at radius 1 is 1.47 bits per heavy atom. The third kappa shape index (κ3) is 3.15. The molecule has 0 aliphatic heterocycles. The van der Waals surface area contributed by atoms with Gasteiger partial charge < -0.3 is 10.6 Å². The SMILES string of the molecule is CCN(C(=O)CS(=O)c1cccc(C)c1N)C1CC1. The van der Waals surface area contributed by atoms with Gasteiger partial charge in [-0.05, 0) is 38.3 Å². The van der Waals surface area contributed by atoms with Gasteiger partial charge in [0.1, 0.15) is 5.75 Å². The Hall–Kier alpha value is -1.36. The van der Waals surface area contributed by atoms with Crippen LogP contribution in [0.1, 0.15) is 25.3 Å². The number of amides is 1. The van der Waals surface area contributed by atoms with Crippen LogP contribution in [-0.4, -0.2) is 33.4 Å². The molecule has 1 fully saturated rings. The molecule has 1 aliphatic rings. The fourth-order valence-electron chi connectivity index (χ4n) is 2.15. The van der Waals surface area contributed by atoms with E-state index in [1.54, 1.807) is 6.07 Å². The Balaban J connectivity index is 2.08. The van der Waals surface area contributed by atoms with Gasteiger partial charge in [-0.2, -0.15) is 0 Å². The van der Waals surface area contributed by atoms with Crippen molar-refractivity contribution in [3.8, 4) is 0 Å². The van der Waals surface area contributed by atoms with Gasteiger partial charge in [0.25, 0.3) is 0 Å². The molecule has 1 saturated carbocycles. The molecule has 0 saturated heterocycles. The number of carbonyl (C=O) groups is 1. The third-order valence-electron chi connectivity index (χ3n) is 3.43. The number of anilines is 1. The molecule has 0 heterocycles. The fraction of sp³-hybridized carbons (Fsp3) is 0.500. The summed E-state index contributed by atoms with van der Waals surface area (Å²) in [4.78, 5) is 14.5. The van der Waals surface area contributed by atoms with E-state index in [0.717, 1.165) is 18.4 Å². The molecule has 4 nitrogen and oxygen atoms in total. The second kappa shape index (κ2) is 5.74. The van der Waals surface area contributed by atoms with Gasteiger partial charge >= 0.3 is 0 Å². The number of hydrogen-bond acceptors (Lipinski definition) is 3. The molecular weight excluding hydrogens is 260 g/mol. The molecule has 0 radical (unpaired) electrons. The maximum absolute atomic E-state index is 12.3. The standard InChI is InChI=1S/C14H20N2O2S/c1-3-16(11-7-8-11)13(17)9-19(18)12-6-4-5-10(2)14(12)15/h4-6,11H,3,7-9,15H2,1-2H3. The largest absolute Gasteiger partial charge is 0.398 e. The van der Waals surface area contributed by atoms with Crippen LogP contribution in [0.3, 0.4) is 0 Å². The second-order valence-corrected chi connectivity index (χ2v) is 6.31. The van der Waals surface area contributed by atoms with Gasteiger partial charge in [-0.1, -0.05) is 12.1 Å². The summed E-state index contributed by atoms with van der Waals surface area (Å²) in [6.45, 7) is 4.52. The first-order chi connectivity index (χ1) is 9.04. The Labute approximate surface area is 116 Å². The minimum atomic E-state index is -1.36. The predicted octanol–water partition coefficient (Wildman–Crippen LogP) is 1.70. The van der Waals surface area contributed by atoms with Crippen molar-refractivity contribution in [3.63, 3.8) is 0 Å². The summed E-state index contributed by atoms with van der Waals surface area (Å²) in [5.74, 6) is -0.0120. The molecule has 1 amide bonds. The Morgan fingerprint density at radius 2 is 2.16 bits per heavy atom. The highest BCUT2D eigenvalue weighted by atomic mass is 32.2. The molecule has 1 atom stereocenters. The molecular formula is C14H20N2O2S. The molecule has 5 heteroatoms. The number of aryl methyl sites for hydroxylation is 1. The van der Waals surface area contributed by atoms with Gasteiger partial charge in [0.15, 0.2) is 0 Å². The van der Waals surface area contributed by atoms with E-state index in [0.29, 0.717) is 23.2 Å². The first kappa shape index (κ1) is 14.1. The van der Waals surface area contributed by atoms with Crippen molar-refractivity contribution in [2.75, 3.05) is 18.0 Å². The van der Waals surface area contributed by atoms with Crippen molar-refractivity contribution in [2.24, 2.45) is 0 Å². The minimum absolute atomic E-state index is 0.0258. The van der Waals surface area contributed by atoms with Crippen LogP contribution in [0.15, 0.2) is 23.1 Å². The number of rotatable bonds is 5. The molecule has 104 valence electrons. The molecule has 0 bridgehead atoms. The highest BCUT2D eigenvalue weighted by molar-refractivity contribution is 7.86. The maximum Gasteiger partial charge on any atom is 0.235 e. The van der Waals surface area contributed by atoms with Gasteiger partial charge in [0, 0.05) is 12.6 Å². The normalized spacial score (nSPS) is 16.1. The van der Waals surface area contributed by atoms with Gasteiger partial charge in [-0.25, -0.2) is 0 Å². The first-order valence-electron chi connectivity index (χ1n) is 6.57. The summed E-state index contributed by atoms with van der Waals surface area (Å²) in [5, 5.41) is 0. The predicted molar refractivity (Wildman–Crippen MR) is 77.3 cm³/mol. The van der Waals surface area contributed by atoms with Crippen LogP contribution < -0.4 is 5.73 Å². The highest BCUT2D eigenvalue weighted by Gasteiger charge is 2.32. The van der Waals surface area contributed by atoms with Crippen molar-refractivity contribution in [3.05, 3.63) is 23.8 Å². The van der Waals surface area contributed by atoms with Crippen LogP contribution in [-0.2, 0) is 15.6 Å². The van der Waals surface area contributed by atoms with E-state index >= 15 is 0 Å². The first-order valence-corrected chi connectivity index (χ1v) is 7.89. The zero-order chi connectivity index (χ0) is 14.0. The van der Waals surface area contributed by atoms with E-state index in [1.165, 1.54) is 0 Å². The van der Waals surface area contributed by atoms with Crippen LogP contribution in [0.5, 0.6) is 0 Å². The Bertz CT molecular complexity index is 512. The number of hydrogen-bond donors (Lipinski definition) is 1. The second-order valence-electron chi connectivity index (χ2n) is 4.89. The smallest absolute Gasteiger partial charge is 0.235 e. The molecule has 19 heavy (non-hydrogen) atoms. The van der Waals surface area contributed by atoms with Crippen LogP contribution in [0.2, 0.25) is 0 Å². The zero-order valence-corrected chi connectivity index (χ0v) is 12.2. The fourth-order valence-corrected chi connectivity index (χ4v) is 3.33. The van der Waals surface area contributed by atoms with Gasteiger partial charge in [0.2, 0.25) is 5.91 Å².